The SMILES string of the molecule is CC(O)COC(C)COC(C)COCCN(CCOCC(C)OCC(C)OCC(C)O)c1ccccc1. The fourth-order valence-electron chi connectivity index (χ4n) is 3.26. The molecule has 0 radical (unpaired) electrons. The summed E-state index contributed by atoms with van der Waals surface area (Å²) in [6.07, 6.45) is -1.21. The fraction of sp³-hybridized carbons (Fsp3) is 0.786. The van der Waals surface area contributed by atoms with Crippen molar-refractivity contribution in [1.82, 2.24) is 0 Å². The Morgan fingerprint density at radius 2 is 0.946 bits per heavy atom. The second kappa shape index (κ2) is 20.6. The summed E-state index contributed by atoms with van der Waals surface area (Å²) in [6, 6.07) is 10.2. The van der Waals surface area contributed by atoms with E-state index in [1.54, 1.807) is 13.8 Å². The number of hydrogen-bond acceptors (Lipinski definition) is 9. The number of rotatable bonds is 23. The topological polar surface area (TPSA) is 99.1 Å². The molecule has 37 heavy (non-hydrogen) atoms. The van der Waals surface area contributed by atoms with Gasteiger partial charge in [0.2, 0.25) is 0 Å². The van der Waals surface area contributed by atoms with Gasteiger partial charge in [0, 0.05) is 18.8 Å². The molecular formula is C28H51NO8. The van der Waals surface area contributed by atoms with Crippen LogP contribution in [-0.2, 0) is 28.4 Å². The molecule has 9 nitrogen and oxygen atoms in total. The lowest BCUT2D eigenvalue weighted by atomic mass is 10.3. The van der Waals surface area contributed by atoms with Crippen molar-refractivity contribution in [1.29, 1.82) is 0 Å². The zero-order chi connectivity index (χ0) is 27.5. The molecule has 1 aromatic carbocycles. The Morgan fingerprint density at radius 3 is 1.35 bits per heavy atom. The molecule has 0 spiro atoms. The molecule has 0 aromatic heterocycles. The van der Waals surface area contributed by atoms with Crippen LogP contribution in [0.4, 0.5) is 5.69 Å². The van der Waals surface area contributed by atoms with Crippen LogP contribution in [-0.4, -0.2) is 113 Å². The molecular weight excluding hydrogens is 478 g/mol. The van der Waals surface area contributed by atoms with E-state index in [0.29, 0.717) is 52.9 Å². The Hall–Kier alpha value is -1.30. The molecule has 0 aliphatic carbocycles. The number of aliphatic hydroxyl groups excluding tert-OH is 2. The Balaban J connectivity index is 2.29. The van der Waals surface area contributed by atoms with E-state index in [1.165, 1.54) is 0 Å². The summed E-state index contributed by atoms with van der Waals surface area (Å²) in [7, 11) is 0. The van der Waals surface area contributed by atoms with Crippen molar-refractivity contribution >= 4 is 5.69 Å². The molecule has 0 fully saturated rings. The maximum absolute atomic E-state index is 9.30. The van der Waals surface area contributed by atoms with Crippen LogP contribution >= 0.6 is 0 Å². The van der Waals surface area contributed by atoms with E-state index in [-0.39, 0.29) is 24.4 Å². The monoisotopic (exact) mass is 529 g/mol. The first-order valence-electron chi connectivity index (χ1n) is 13.4. The van der Waals surface area contributed by atoms with Crippen LogP contribution in [0, 0.1) is 0 Å². The first-order chi connectivity index (χ1) is 17.7. The highest BCUT2D eigenvalue weighted by molar-refractivity contribution is 5.45. The van der Waals surface area contributed by atoms with E-state index in [9.17, 15) is 10.2 Å². The van der Waals surface area contributed by atoms with Gasteiger partial charge in [-0.15, -0.1) is 0 Å². The molecule has 0 amide bonds. The van der Waals surface area contributed by atoms with Crippen LogP contribution in [0.2, 0.25) is 0 Å². The largest absolute Gasteiger partial charge is 0.391 e. The van der Waals surface area contributed by atoms with Crippen molar-refractivity contribution in [3.8, 4) is 0 Å². The van der Waals surface area contributed by atoms with Crippen molar-refractivity contribution in [3.63, 3.8) is 0 Å². The molecule has 0 bridgehead atoms. The number of anilines is 1. The number of nitrogens with zero attached hydrogens (tertiary/aromatic N) is 1. The molecule has 1 rings (SSSR count). The van der Waals surface area contributed by atoms with E-state index >= 15 is 0 Å². The van der Waals surface area contributed by atoms with Gasteiger partial charge in [0.15, 0.2) is 0 Å². The van der Waals surface area contributed by atoms with Crippen LogP contribution in [0.15, 0.2) is 30.3 Å². The highest BCUT2D eigenvalue weighted by Crippen LogP contribution is 2.13. The van der Waals surface area contributed by atoms with Gasteiger partial charge in [-0.05, 0) is 53.7 Å². The second-order valence-electron chi connectivity index (χ2n) is 9.75. The molecule has 0 aliphatic heterocycles. The summed E-state index contributed by atoms with van der Waals surface area (Å²) in [5.74, 6) is 0. The fourth-order valence-corrected chi connectivity index (χ4v) is 3.26. The quantitative estimate of drug-likeness (QED) is 0.207. The van der Waals surface area contributed by atoms with Crippen LogP contribution in [0.3, 0.4) is 0 Å². The van der Waals surface area contributed by atoms with Crippen molar-refractivity contribution in [2.45, 2.75) is 78.2 Å². The number of hydrogen-bond donors (Lipinski definition) is 2. The van der Waals surface area contributed by atoms with E-state index in [0.717, 1.165) is 18.8 Å². The average molecular weight is 530 g/mol. The van der Waals surface area contributed by atoms with Crippen LogP contribution in [0.5, 0.6) is 0 Å². The minimum Gasteiger partial charge on any atom is -0.391 e. The van der Waals surface area contributed by atoms with Crippen LogP contribution in [0.1, 0.15) is 41.5 Å². The summed E-state index contributed by atoms with van der Waals surface area (Å²) in [4.78, 5) is 2.25. The maximum Gasteiger partial charge on any atom is 0.0781 e. The molecule has 0 aliphatic rings. The van der Waals surface area contributed by atoms with Gasteiger partial charge in [-0.1, -0.05) is 18.2 Å². The predicted molar refractivity (Wildman–Crippen MR) is 145 cm³/mol. The van der Waals surface area contributed by atoms with E-state index in [2.05, 4.69) is 17.0 Å². The minimum absolute atomic E-state index is 0.0484. The van der Waals surface area contributed by atoms with Crippen molar-refractivity contribution in [2.75, 3.05) is 70.8 Å². The molecule has 0 saturated carbocycles. The van der Waals surface area contributed by atoms with Gasteiger partial charge in [0.05, 0.1) is 89.5 Å². The third-order valence-corrected chi connectivity index (χ3v) is 5.31. The molecule has 0 saturated heterocycles. The van der Waals surface area contributed by atoms with Gasteiger partial charge < -0.3 is 43.5 Å². The average Bonchev–Trinajstić information content (AvgIpc) is 2.87. The maximum atomic E-state index is 9.30. The Morgan fingerprint density at radius 1 is 0.568 bits per heavy atom. The predicted octanol–water partition coefficient (Wildman–Crippen LogP) is 2.91. The lowest BCUT2D eigenvalue weighted by Gasteiger charge is -2.26. The highest BCUT2D eigenvalue weighted by Gasteiger charge is 2.12. The van der Waals surface area contributed by atoms with Gasteiger partial charge in [-0.3, -0.25) is 0 Å². The summed E-state index contributed by atoms with van der Waals surface area (Å²) in [6.45, 7) is 16.3. The lowest BCUT2D eigenvalue weighted by Crippen LogP contribution is -2.33. The summed E-state index contributed by atoms with van der Waals surface area (Å²) in [5.41, 5.74) is 1.12. The first kappa shape index (κ1) is 33.7. The minimum atomic E-state index is -0.478. The normalized spacial score (nSPS) is 16.6. The molecule has 2 N–H and O–H groups in total. The lowest BCUT2D eigenvalue weighted by molar-refractivity contribution is -0.0702. The molecule has 0 heterocycles. The third-order valence-electron chi connectivity index (χ3n) is 5.31. The Bertz CT molecular complexity index is 612. The van der Waals surface area contributed by atoms with Crippen LogP contribution < -0.4 is 4.90 Å². The Labute approximate surface area is 223 Å². The summed E-state index contributed by atoms with van der Waals surface area (Å²) < 4.78 is 34.3. The smallest absolute Gasteiger partial charge is 0.0781 e. The number of ether oxygens (including phenoxy) is 6. The number of benzene rings is 1. The Kier molecular flexibility index (Phi) is 18.8. The van der Waals surface area contributed by atoms with Crippen molar-refractivity contribution in [3.05, 3.63) is 30.3 Å². The third kappa shape index (κ3) is 18.6. The first-order valence-corrected chi connectivity index (χ1v) is 13.4. The number of aliphatic hydroxyl groups is 2. The summed E-state index contributed by atoms with van der Waals surface area (Å²) >= 11 is 0. The molecule has 1 aromatic rings. The second-order valence-corrected chi connectivity index (χ2v) is 9.75. The van der Waals surface area contributed by atoms with Gasteiger partial charge in [-0.25, -0.2) is 0 Å². The van der Waals surface area contributed by atoms with E-state index in [4.69, 9.17) is 28.4 Å². The van der Waals surface area contributed by atoms with Gasteiger partial charge in [0.1, 0.15) is 0 Å². The molecule has 6 atom stereocenters. The molecule has 6 unspecified atom stereocenters. The number of para-hydroxylation sites is 1. The highest BCUT2D eigenvalue weighted by atomic mass is 16.6. The van der Waals surface area contributed by atoms with Gasteiger partial charge >= 0.3 is 0 Å². The van der Waals surface area contributed by atoms with E-state index in [1.807, 2.05) is 45.9 Å². The summed E-state index contributed by atoms with van der Waals surface area (Å²) in [5, 5.41) is 18.6. The molecule has 9 heteroatoms. The van der Waals surface area contributed by atoms with E-state index < -0.39 is 12.2 Å². The van der Waals surface area contributed by atoms with Crippen molar-refractivity contribution < 1.29 is 38.6 Å². The van der Waals surface area contributed by atoms with Gasteiger partial charge in [-0.2, -0.15) is 0 Å². The zero-order valence-corrected chi connectivity index (χ0v) is 23.7. The van der Waals surface area contributed by atoms with Crippen LogP contribution in [0.25, 0.3) is 0 Å². The standard InChI is InChI=1S/C28H51NO8/c1-22(30)16-34-26(5)20-36-24(3)18-32-14-12-29(28-10-8-7-9-11-28)13-15-33-19-25(4)37-21-27(6)35-17-23(2)31/h7-11,22-27,30-31H,12-21H2,1-6H3. The molecule has 216 valence electrons. The van der Waals surface area contributed by atoms with Crippen molar-refractivity contribution in [2.24, 2.45) is 0 Å². The van der Waals surface area contributed by atoms with Gasteiger partial charge in [0.25, 0.3) is 0 Å². The zero-order valence-electron chi connectivity index (χ0n) is 23.7.